The predicted octanol–water partition coefficient (Wildman–Crippen LogP) is 3.35. The standard InChI is InChI=1S/C16H22N2O3/c1-5-19-16(20-6-2)15-17-14(18-21-15)10-13-8-11(3)7-12(4)9-13/h7-9,16H,5-6,10H2,1-4H3. The van der Waals surface area contributed by atoms with E-state index in [0.717, 1.165) is 0 Å². The fraction of sp³-hybridized carbons (Fsp3) is 0.500. The molecule has 0 atom stereocenters. The molecule has 0 fully saturated rings. The van der Waals surface area contributed by atoms with Crippen LogP contribution in [0.2, 0.25) is 0 Å². The van der Waals surface area contributed by atoms with Crippen LogP contribution in [0.25, 0.3) is 0 Å². The third-order valence-corrected chi connectivity index (χ3v) is 2.97. The molecule has 0 saturated heterocycles. The molecule has 2 rings (SSSR count). The number of rotatable bonds is 7. The van der Waals surface area contributed by atoms with Crippen LogP contribution in [0.3, 0.4) is 0 Å². The Hall–Kier alpha value is -1.72. The van der Waals surface area contributed by atoms with Crippen LogP contribution in [-0.4, -0.2) is 23.4 Å². The minimum absolute atomic E-state index is 0.373. The largest absolute Gasteiger partial charge is 0.345 e. The van der Waals surface area contributed by atoms with E-state index in [-0.39, 0.29) is 0 Å². The lowest BCUT2D eigenvalue weighted by Gasteiger charge is -2.11. The number of ether oxygens (including phenoxy) is 2. The van der Waals surface area contributed by atoms with E-state index in [1.54, 1.807) is 0 Å². The minimum Gasteiger partial charge on any atom is -0.345 e. The average Bonchev–Trinajstić information content (AvgIpc) is 2.85. The van der Waals surface area contributed by atoms with Gasteiger partial charge in [-0.05, 0) is 33.3 Å². The van der Waals surface area contributed by atoms with Gasteiger partial charge in [-0.15, -0.1) is 0 Å². The summed E-state index contributed by atoms with van der Waals surface area (Å²) in [5.74, 6) is 1.01. The van der Waals surface area contributed by atoms with Gasteiger partial charge in [0.25, 0.3) is 5.89 Å². The topological polar surface area (TPSA) is 57.4 Å². The first-order valence-corrected chi connectivity index (χ1v) is 7.25. The zero-order valence-corrected chi connectivity index (χ0v) is 13.0. The summed E-state index contributed by atoms with van der Waals surface area (Å²) >= 11 is 0. The Balaban J connectivity index is 2.11. The van der Waals surface area contributed by atoms with Crippen molar-refractivity contribution in [1.29, 1.82) is 0 Å². The normalized spacial score (nSPS) is 11.3. The van der Waals surface area contributed by atoms with Crippen LogP contribution >= 0.6 is 0 Å². The number of hydrogen-bond donors (Lipinski definition) is 0. The summed E-state index contributed by atoms with van der Waals surface area (Å²) in [7, 11) is 0. The van der Waals surface area contributed by atoms with E-state index >= 15 is 0 Å². The Kier molecular flexibility index (Phi) is 5.47. The predicted molar refractivity (Wildman–Crippen MR) is 79.0 cm³/mol. The molecule has 0 saturated carbocycles. The maximum Gasteiger partial charge on any atom is 0.283 e. The molecular weight excluding hydrogens is 268 g/mol. The van der Waals surface area contributed by atoms with Gasteiger partial charge in [0.1, 0.15) is 0 Å². The molecular formula is C16H22N2O3. The summed E-state index contributed by atoms with van der Waals surface area (Å²) in [6.45, 7) is 9.02. The van der Waals surface area contributed by atoms with E-state index in [2.05, 4.69) is 42.2 Å². The van der Waals surface area contributed by atoms with Gasteiger partial charge < -0.3 is 14.0 Å². The van der Waals surface area contributed by atoms with E-state index in [1.807, 2.05) is 13.8 Å². The SMILES string of the molecule is CCOC(OCC)c1nc(Cc2cc(C)cc(C)c2)no1. The molecule has 0 spiro atoms. The van der Waals surface area contributed by atoms with Crippen molar-refractivity contribution < 1.29 is 14.0 Å². The average molecular weight is 290 g/mol. The molecule has 0 unspecified atom stereocenters. The van der Waals surface area contributed by atoms with Crippen molar-refractivity contribution in [3.8, 4) is 0 Å². The van der Waals surface area contributed by atoms with Crippen molar-refractivity contribution >= 4 is 0 Å². The second kappa shape index (κ2) is 7.33. The van der Waals surface area contributed by atoms with Gasteiger partial charge in [0.15, 0.2) is 5.82 Å². The zero-order chi connectivity index (χ0) is 15.2. The highest BCUT2D eigenvalue weighted by molar-refractivity contribution is 5.30. The number of benzene rings is 1. The molecule has 2 aromatic rings. The molecule has 0 N–H and O–H groups in total. The van der Waals surface area contributed by atoms with Crippen molar-refractivity contribution in [2.24, 2.45) is 0 Å². The van der Waals surface area contributed by atoms with Crippen molar-refractivity contribution in [2.75, 3.05) is 13.2 Å². The van der Waals surface area contributed by atoms with Crippen LogP contribution in [0, 0.1) is 13.8 Å². The highest BCUT2D eigenvalue weighted by Gasteiger charge is 2.19. The van der Waals surface area contributed by atoms with Gasteiger partial charge in [0.2, 0.25) is 6.29 Å². The molecule has 0 amide bonds. The third kappa shape index (κ3) is 4.37. The lowest BCUT2D eigenvalue weighted by Crippen LogP contribution is -2.09. The van der Waals surface area contributed by atoms with E-state index in [0.29, 0.717) is 31.3 Å². The highest BCUT2D eigenvalue weighted by Crippen LogP contribution is 2.18. The van der Waals surface area contributed by atoms with E-state index in [4.69, 9.17) is 14.0 Å². The van der Waals surface area contributed by atoms with Gasteiger partial charge in [0.05, 0.1) is 0 Å². The van der Waals surface area contributed by atoms with Crippen molar-refractivity contribution in [3.63, 3.8) is 0 Å². The second-order valence-corrected chi connectivity index (χ2v) is 4.96. The molecule has 0 radical (unpaired) electrons. The molecule has 5 nitrogen and oxygen atoms in total. The summed E-state index contributed by atoms with van der Waals surface area (Å²) in [6.07, 6.45) is 0.0530. The Labute approximate surface area is 125 Å². The van der Waals surface area contributed by atoms with Crippen LogP contribution < -0.4 is 0 Å². The monoisotopic (exact) mass is 290 g/mol. The summed E-state index contributed by atoms with van der Waals surface area (Å²) in [4.78, 5) is 4.37. The summed E-state index contributed by atoms with van der Waals surface area (Å²) < 4.78 is 16.2. The summed E-state index contributed by atoms with van der Waals surface area (Å²) in [6, 6.07) is 6.41. The molecule has 0 bridgehead atoms. The number of hydrogen-bond acceptors (Lipinski definition) is 5. The van der Waals surface area contributed by atoms with E-state index in [9.17, 15) is 0 Å². The Morgan fingerprint density at radius 2 is 1.67 bits per heavy atom. The minimum atomic E-state index is -0.583. The quantitative estimate of drug-likeness (QED) is 0.732. The van der Waals surface area contributed by atoms with Crippen LogP contribution in [0.1, 0.15) is 48.5 Å². The van der Waals surface area contributed by atoms with E-state index in [1.165, 1.54) is 16.7 Å². The first kappa shape index (κ1) is 15.7. The first-order chi connectivity index (χ1) is 10.1. The van der Waals surface area contributed by atoms with Crippen molar-refractivity contribution in [1.82, 2.24) is 10.1 Å². The van der Waals surface area contributed by atoms with Gasteiger partial charge in [0, 0.05) is 19.6 Å². The van der Waals surface area contributed by atoms with Crippen LogP contribution in [0.5, 0.6) is 0 Å². The maximum atomic E-state index is 5.45. The van der Waals surface area contributed by atoms with Crippen LogP contribution in [-0.2, 0) is 15.9 Å². The lowest BCUT2D eigenvalue weighted by molar-refractivity contribution is -0.155. The molecule has 21 heavy (non-hydrogen) atoms. The molecule has 1 heterocycles. The van der Waals surface area contributed by atoms with Gasteiger partial charge >= 0.3 is 0 Å². The number of nitrogens with zero attached hydrogens (tertiary/aromatic N) is 2. The van der Waals surface area contributed by atoms with Gasteiger partial charge in [-0.25, -0.2) is 0 Å². The summed E-state index contributed by atoms with van der Waals surface area (Å²) in [5.41, 5.74) is 3.63. The van der Waals surface area contributed by atoms with Crippen LogP contribution in [0.15, 0.2) is 22.7 Å². The van der Waals surface area contributed by atoms with Gasteiger partial charge in [-0.3, -0.25) is 0 Å². The smallest absolute Gasteiger partial charge is 0.283 e. The Morgan fingerprint density at radius 3 is 2.24 bits per heavy atom. The van der Waals surface area contributed by atoms with Gasteiger partial charge in [-0.1, -0.05) is 34.5 Å². The molecule has 5 heteroatoms. The molecule has 0 aliphatic carbocycles. The molecule has 1 aromatic heterocycles. The third-order valence-electron chi connectivity index (χ3n) is 2.97. The van der Waals surface area contributed by atoms with Crippen molar-refractivity contribution in [2.45, 2.75) is 40.4 Å². The number of aromatic nitrogens is 2. The fourth-order valence-corrected chi connectivity index (χ4v) is 2.28. The van der Waals surface area contributed by atoms with Crippen LogP contribution in [0.4, 0.5) is 0 Å². The summed E-state index contributed by atoms with van der Waals surface area (Å²) in [5, 5.41) is 4.01. The second-order valence-electron chi connectivity index (χ2n) is 4.96. The number of aryl methyl sites for hydroxylation is 2. The Morgan fingerprint density at radius 1 is 1.05 bits per heavy atom. The fourth-order valence-electron chi connectivity index (χ4n) is 2.28. The Bertz CT molecular complexity index is 554. The van der Waals surface area contributed by atoms with Crippen molar-refractivity contribution in [3.05, 3.63) is 46.6 Å². The molecule has 114 valence electrons. The lowest BCUT2D eigenvalue weighted by atomic mass is 10.1. The molecule has 0 aliphatic heterocycles. The van der Waals surface area contributed by atoms with Gasteiger partial charge in [-0.2, -0.15) is 4.98 Å². The van der Waals surface area contributed by atoms with E-state index < -0.39 is 6.29 Å². The highest BCUT2D eigenvalue weighted by atomic mass is 16.7. The zero-order valence-electron chi connectivity index (χ0n) is 13.0. The first-order valence-electron chi connectivity index (χ1n) is 7.25. The molecule has 1 aromatic carbocycles. The maximum absolute atomic E-state index is 5.45. The molecule has 0 aliphatic rings.